The lowest BCUT2D eigenvalue weighted by Gasteiger charge is -2.11. The van der Waals surface area contributed by atoms with Gasteiger partial charge in [0.05, 0.1) is 24.6 Å². The van der Waals surface area contributed by atoms with E-state index in [0.717, 1.165) is 23.3 Å². The van der Waals surface area contributed by atoms with E-state index in [9.17, 15) is 18.0 Å². The average Bonchev–Trinajstić information content (AvgIpc) is 3.09. The molecular formula is C20H18F3N3O2. The van der Waals surface area contributed by atoms with Crippen molar-refractivity contribution in [2.75, 3.05) is 12.4 Å². The zero-order chi connectivity index (χ0) is 20.5. The Kier molecular flexibility index (Phi) is 5.13. The molecule has 2 aromatic carbocycles. The largest absolute Gasteiger partial charge is 0.493 e. The number of nitrogens with one attached hydrogen (secondary N) is 1. The van der Waals surface area contributed by atoms with Crippen LogP contribution in [0.3, 0.4) is 0 Å². The second-order valence-electron chi connectivity index (χ2n) is 6.26. The second-order valence-corrected chi connectivity index (χ2v) is 6.26. The molecule has 28 heavy (non-hydrogen) atoms. The van der Waals surface area contributed by atoms with Gasteiger partial charge in [-0.3, -0.25) is 4.79 Å². The van der Waals surface area contributed by atoms with Crippen molar-refractivity contribution in [3.05, 3.63) is 71.0 Å². The Balaban J connectivity index is 1.96. The van der Waals surface area contributed by atoms with Crippen molar-refractivity contribution in [3.8, 4) is 11.4 Å². The molecule has 146 valence electrons. The standard InChI is InChI=1S/C20H18F3N3O2/c1-12-6-4-7-13(2)17(12)24-19(27)18-16(28-3)11-26(25-18)15-9-5-8-14(10-15)20(21,22)23/h4-11H,1-3H3,(H,24,27). The molecule has 3 rings (SSSR count). The number of nitrogens with zero attached hydrogens (tertiary/aromatic N) is 2. The van der Waals surface area contributed by atoms with Gasteiger partial charge in [-0.05, 0) is 43.2 Å². The van der Waals surface area contributed by atoms with Gasteiger partial charge in [-0.2, -0.15) is 18.3 Å². The first-order chi connectivity index (χ1) is 13.2. The number of carbonyl (C=O) groups is 1. The van der Waals surface area contributed by atoms with Crippen LogP contribution in [0.25, 0.3) is 5.69 Å². The van der Waals surface area contributed by atoms with Gasteiger partial charge in [0.2, 0.25) is 0 Å². The summed E-state index contributed by atoms with van der Waals surface area (Å²) in [5, 5.41) is 6.94. The number of methoxy groups -OCH3 is 1. The van der Waals surface area contributed by atoms with E-state index < -0.39 is 17.6 Å². The third-order valence-corrected chi connectivity index (χ3v) is 4.27. The molecule has 0 atom stereocenters. The van der Waals surface area contributed by atoms with Crippen LogP contribution in [0.15, 0.2) is 48.7 Å². The quantitative estimate of drug-likeness (QED) is 0.699. The van der Waals surface area contributed by atoms with Crippen LogP contribution in [0.2, 0.25) is 0 Å². The zero-order valence-electron chi connectivity index (χ0n) is 15.5. The van der Waals surface area contributed by atoms with Crippen molar-refractivity contribution < 1.29 is 22.7 Å². The fourth-order valence-corrected chi connectivity index (χ4v) is 2.81. The molecule has 5 nitrogen and oxygen atoms in total. The molecule has 1 N–H and O–H groups in total. The lowest BCUT2D eigenvalue weighted by Crippen LogP contribution is -2.15. The van der Waals surface area contributed by atoms with Gasteiger partial charge < -0.3 is 10.1 Å². The van der Waals surface area contributed by atoms with Crippen molar-refractivity contribution in [2.45, 2.75) is 20.0 Å². The number of benzene rings is 2. The Morgan fingerprint density at radius 3 is 2.36 bits per heavy atom. The molecule has 0 saturated heterocycles. The summed E-state index contributed by atoms with van der Waals surface area (Å²) in [5.74, 6) is -0.360. The number of alkyl halides is 3. The van der Waals surface area contributed by atoms with Gasteiger partial charge in [-0.15, -0.1) is 0 Å². The van der Waals surface area contributed by atoms with Crippen LogP contribution in [0.4, 0.5) is 18.9 Å². The molecule has 1 aromatic heterocycles. The van der Waals surface area contributed by atoms with Crippen LogP contribution < -0.4 is 10.1 Å². The Hall–Kier alpha value is -3.29. The van der Waals surface area contributed by atoms with Gasteiger partial charge in [0.15, 0.2) is 11.4 Å². The summed E-state index contributed by atoms with van der Waals surface area (Å²) in [4.78, 5) is 12.7. The molecule has 0 aliphatic rings. The predicted octanol–water partition coefficient (Wildman–Crippen LogP) is 4.77. The van der Waals surface area contributed by atoms with E-state index >= 15 is 0 Å². The minimum atomic E-state index is -4.48. The summed E-state index contributed by atoms with van der Waals surface area (Å²) in [7, 11) is 1.36. The summed E-state index contributed by atoms with van der Waals surface area (Å²) in [5.41, 5.74) is 1.75. The summed E-state index contributed by atoms with van der Waals surface area (Å²) in [6.45, 7) is 3.72. The van der Waals surface area contributed by atoms with E-state index in [4.69, 9.17) is 4.74 Å². The van der Waals surface area contributed by atoms with E-state index in [1.807, 2.05) is 32.0 Å². The number of aryl methyl sites for hydroxylation is 2. The van der Waals surface area contributed by atoms with Gasteiger partial charge in [0.1, 0.15) is 0 Å². The van der Waals surface area contributed by atoms with Crippen LogP contribution in [0.1, 0.15) is 27.2 Å². The van der Waals surface area contributed by atoms with Crippen LogP contribution in [0, 0.1) is 13.8 Å². The molecule has 1 heterocycles. The Bertz CT molecular complexity index is 1010. The Morgan fingerprint density at radius 1 is 1.11 bits per heavy atom. The number of amides is 1. The third-order valence-electron chi connectivity index (χ3n) is 4.27. The molecular weight excluding hydrogens is 371 g/mol. The van der Waals surface area contributed by atoms with Crippen LogP contribution in [0.5, 0.6) is 5.75 Å². The molecule has 0 radical (unpaired) electrons. The molecule has 0 unspecified atom stereocenters. The van der Waals surface area contributed by atoms with Crippen molar-refractivity contribution in [1.29, 1.82) is 0 Å². The van der Waals surface area contributed by atoms with Crippen LogP contribution >= 0.6 is 0 Å². The SMILES string of the molecule is COc1cn(-c2cccc(C(F)(F)F)c2)nc1C(=O)Nc1c(C)cccc1C. The summed E-state index contributed by atoms with van der Waals surface area (Å²) in [6, 6.07) is 10.3. The van der Waals surface area contributed by atoms with Crippen LogP contribution in [-0.4, -0.2) is 22.8 Å². The number of halogens is 3. The van der Waals surface area contributed by atoms with E-state index in [0.29, 0.717) is 5.69 Å². The fraction of sp³-hybridized carbons (Fsp3) is 0.200. The van der Waals surface area contributed by atoms with E-state index in [2.05, 4.69) is 10.4 Å². The molecule has 0 saturated carbocycles. The van der Waals surface area contributed by atoms with Crippen LogP contribution in [-0.2, 0) is 6.18 Å². The predicted molar refractivity (Wildman–Crippen MR) is 99.0 cm³/mol. The van der Waals surface area contributed by atoms with Crippen molar-refractivity contribution in [1.82, 2.24) is 9.78 Å². The summed E-state index contributed by atoms with van der Waals surface area (Å²) < 4.78 is 45.3. The maximum absolute atomic E-state index is 13.0. The number of para-hydroxylation sites is 1. The lowest BCUT2D eigenvalue weighted by molar-refractivity contribution is -0.137. The highest BCUT2D eigenvalue weighted by atomic mass is 19.4. The smallest absolute Gasteiger partial charge is 0.416 e. The zero-order valence-corrected chi connectivity index (χ0v) is 15.5. The first-order valence-electron chi connectivity index (χ1n) is 8.39. The summed E-state index contributed by atoms with van der Waals surface area (Å²) >= 11 is 0. The van der Waals surface area contributed by atoms with Gasteiger partial charge in [-0.25, -0.2) is 4.68 Å². The third kappa shape index (κ3) is 3.85. The Labute approximate surface area is 159 Å². The van der Waals surface area contributed by atoms with Crippen molar-refractivity contribution in [3.63, 3.8) is 0 Å². The van der Waals surface area contributed by atoms with E-state index in [1.165, 1.54) is 30.1 Å². The number of aromatic nitrogens is 2. The monoisotopic (exact) mass is 389 g/mol. The van der Waals surface area contributed by atoms with Gasteiger partial charge >= 0.3 is 6.18 Å². The molecule has 0 aliphatic heterocycles. The van der Waals surface area contributed by atoms with E-state index in [-0.39, 0.29) is 17.1 Å². The topological polar surface area (TPSA) is 56.2 Å². The van der Waals surface area contributed by atoms with Gasteiger partial charge in [-0.1, -0.05) is 24.3 Å². The fourth-order valence-electron chi connectivity index (χ4n) is 2.81. The highest BCUT2D eigenvalue weighted by Crippen LogP contribution is 2.31. The minimum Gasteiger partial charge on any atom is -0.493 e. The highest BCUT2D eigenvalue weighted by Gasteiger charge is 2.30. The second kappa shape index (κ2) is 7.38. The lowest BCUT2D eigenvalue weighted by atomic mass is 10.1. The minimum absolute atomic E-state index is 0.0254. The number of anilines is 1. The molecule has 0 fully saturated rings. The molecule has 0 spiro atoms. The molecule has 3 aromatic rings. The van der Waals surface area contributed by atoms with Gasteiger partial charge in [0.25, 0.3) is 5.91 Å². The number of ether oxygens (including phenoxy) is 1. The first kappa shape index (κ1) is 19.5. The van der Waals surface area contributed by atoms with Crippen molar-refractivity contribution in [2.24, 2.45) is 0 Å². The molecule has 0 aliphatic carbocycles. The number of rotatable bonds is 4. The normalized spacial score (nSPS) is 11.4. The summed E-state index contributed by atoms with van der Waals surface area (Å²) in [6.07, 6.45) is -3.11. The highest BCUT2D eigenvalue weighted by molar-refractivity contribution is 6.05. The first-order valence-corrected chi connectivity index (χ1v) is 8.39. The average molecular weight is 389 g/mol. The molecule has 8 heteroatoms. The molecule has 1 amide bonds. The Morgan fingerprint density at radius 2 is 1.75 bits per heavy atom. The van der Waals surface area contributed by atoms with Gasteiger partial charge in [0, 0.05) is 5.69 Å². The maximum Gasteiger partial charge on any atom is 0.416 e. The number of carbonyl (C=O) groups excluding carboxylic acids is 1. The maximum atomic E-state index is 13.0. The van der Waals surface area contributed by atoms with Crippen molar-refractivity contribution >= 4 is 11.6 Å². The molecule has 0 bridgehead atoms. The number of hydrogen-bond donors (Lipinski definition) is 1. The van der Waals surface area contributed by atoms with E-state index in [1.54, 1.807) is 0 Å². The number of hydrogen-bond acceptors (Lipinski definition) is 3.